The van der Waals surface area contributed by atoms with Gasteiger partial charge in [-0.15, -0.1) is 0 Å². The summed E-state index contributed by atoms with van der Waals surface area (Å²) in [7, 11) is 6.41. The highest BCUT2D eigenvalue weighted by Crippen LogP contribution is 2.45. The van der Waals surface area contributed by atoms with Crippen LogP contribution < -0.4 is 28.9 Å². The van der Waals surface area contributed by atoms with Crippen LogP contribution in [0.5, 0.6) is 18.0 Å². The van der Waals surface area contributed by atoms with Crippen molar-refractivity contribution in [2.24, 2.45) is 17.8 Å². The van der Waals surface area contributed by atoms with Crippen LogP contribution in [-0.4, -0.2) is 182 Å². The van der Waals surface area contributed by atoms with Crippen molar-refractivity contribution in [3.05, 3.63) is 199 Å². The van der Waals surface area contributed by atoms with E-state index in [1.807, 2.05) is 0 Å². The molecule has 588 valence electrons. The summed E-state index contributed by atoms with van der Waals surface area (Å²) in [5.41, 5.74) is 8.79. The van der Waals surface area contributed by atoms with Gasteiger partial charge in [-0.05, 0) is 175 Å². The zero-order chi connectivity index (χ0) is 77.2. The molecule has 0 radical (unpaired) electrons. The van der Waals surface area contributed by atoms with Crippen LogP contribution >= 0.6 is 0 Å². The van der Waals surface area contributed by atoms with E-state index in [2.05, 4.69) is 156 Å². The van der Waals surface area contributed by atoms with Crippen LogP contribution in [0.3, 0.4) is 0 Å². The standard InChI is InChI=1S/C31H37N5O2.C30H35N5O2.C27H32F3N5O2/c1-21-8-4-10-23-11-5-13-25(29(21)23)28-16-27-26(20-37-28)30(36-15-6-9-22(18-36)17-32-2)34-31(33-27)38-19-24-12-7-14-35(24)3;1-31-17-21-8-6-15-35(18-21)29-26-20-36-28(25-13-5-10-22-9-3-4-12-24(22)25)16-27(26)32-30(33-29)37-19-23-11-7-14-34(23)2;1-31-14-18-7-5-12-35(15-18)25-21-17-36-24(20-9-3-4-10-22(20)27(28,29)30)13-23(21)32-26(33-25)37-16-19-8-6-11-34(19)2/h4-5,8,10-11,13,22,24,28H,6-7,9,12,14-20H2,1,3H3;3-5,9-10,12-13,21,23,28H,6-8,11,14-20H2,2H3;3-4,9-10,18-19,24H,5-8,11-17H2,2H3/t22-,24-,28?;21-,23-,28?;18-,19-,24?/m000/s1. The minimum Gasteiger partial charge on any atom is -0.462 e. The van der Waals surface area contributed by atoms with Crippen molar-refractivity contribution in [2.75, 3.05) is 134 Å². The zero-order valence-corrected chi connectivity index (χ0v) is 65.1. The first-order valence-corrected chi connectivity index (χ1v) is 40.5. The Morgan fingerprint density at radius 1 is 0.429 bits per heavy atom. The quantitative estimate of drug-likeness (QED) is 0.0744. The molecule has 24 heteroatoms. The third-order valence-electron chi connectivity index (χ3n) is 24.6. The van der Waals surface area contributed by atoms with Gasteiger partial charge in [-0.1, -0.05) is 97.1 Å². The molecule has 0 saturated carbocycles. The molecular weight excluding hydrogens is 1420 g/mol. The molecule has 9 aliphatic rings. The van der Waals surface area contributed by atoms with Gasteiger partial charge in [0, 0.05) is 111 Å². The van der Waals surface area contributed by atoms with Gasteiger partial charge >= 0.3 is 24.2 Å². The number of aryl methyl sites for hydroxylation is 1. The van der Waals surface area contributed by atoms with Gasteiger partial charge < -0.3 is 72.4 Å². The zero-order valence-electron chi connectivity index (χ0n) is 65.1. The summed E-state index contributed by atoms with van der Waals surface area (Å²) in [4.78, 5) is 54.1. The molecule has 0 amide bonds. The summed E-state index contributed by atoms with van der Waals surface area (Å²) in [6.07, 6.45) is 9.39. The molecule has 9 aliphatic heterocycles. The topological polar surface area (TPSA) is 165 Å². The molecule has 12 heterocycles. The predicted octanol–water partition coefficient (Wildman–Crippen LogP) is 15.3. The average molecular weight is 1520 g/mol. The Balaban J connectivity index is 0.000000133. The number of piperidine rings is 3. The van der Waals surface area contributed by atoms with Crippen LogP contribution in [0.1, 0.15) is 157 Å². The molecule has 21 nitrogen and oxygen atoms in total. The van der Waals surface area contributed by atoms with Crippen molar-refractivity contribution < 1.29 is 41.6 Å². The second-order valence-electron chi connectivity index (χ2n) is 32.1. The van der Waals surface area contributed by atoms with Gasteiger partial charge in [0.25, 0.3) is 0 Å². The van der Waals surface area contributed by atoms with Gasteiger partial charge in [0.15, 0.2) is 0 Å². The molecule has 0 aliphatic carbocycles. The maximum atomic E-state index is 13.7. The predicted molar refractivity (Wildman–Crippen MR) is 427 cm³/mol. The Morgan fingerprint density at radius 2 is 0.795 bits per heavy atom. The fourth-order valence-electron chi connectivity index (χ4n) is 18.4. The maximum Gasteiger partial charge on any atom is 0.416 e. The Labute approximate surface area is 656 Å². The maximum absolute atomic E-state index is 13.7. The SMILES string of the molecule is [C-]#[N+]C[C@@H]1CCCN(c2nc(OC[C@@H]3CCCN3C)nc3c2COC(c2cccc4cccc(C)c24)C3)C1.[C-]#[N+]C[C@@H]1CCCN(c2nc(OC[C@@H]3CCCN3C)nc3c2COC(c2cccc4ccccc24)C3)C1.[C-]#[N+]C[C@@H]1CCCN(c2nc(OC[C@@H]3CCCN3C)nc3c2COC(c2ccccc2C(F)(F)F)C3)C1. The highest BCUT2D eigenvalue weighted by molar-refractivity contribution is 5.89. The largest absolute Gasteiger partial charge is 0.462 e. The minimum absolute atomic E-state index is 0.0635. The number of hydrogen-bond donors (Lipinski definition) is 0. The number of nitrogens with zero attached hydrogens (tertiary/aromatic N) is 15. The molecule has 9 atom stereocenters. The summed E-state index contributed by atoms with van der Waals surface area (Å²) in [5, 5.41) is 4.97. The number of benzene rings is 5. The molecule has 17 rings (SSSR count). The van der Waals surface area contributed by atoms with Gasteiger partial charge in [-0.2, -0.15) is 43.1 Å². The fraction of sp³-hybridized carbons (Fsp3) is 0.534. The van der Waals surface area contributed by atoms with Gasteiger partial charge in [0.05, 0.1) is 60.8 Å². The average Bonchev–Trinajstić information content (AvgIpc) is 0.835. The van der Waals surface area contributed by atoms with Crippen molar-refractivity contribution in [2.45, 2.75) is 166 Å². The van der Waals surface area contributed by atoms with E-state index in [1.54, 1.807) is 6.07 Å². The lowest BCUT2D eigenvalue weighted by atomic mass is 9.92. The Hall–Kier alpha value is -9.32. The number of ether oxygens (including phenoxy) is 6. The Kier molecular flexibility index (Phi) is 24.9. The van der Waals surface area contributed by atoms with Crippen molar-refractivity contribution in [1.82, 2.24) is 44.6 Å². The third-order valence-corrected chi connectivity index (χ3v) is 24.6. The number of likely N-dealkylation sites (N-methyl/N-ethyl adjacent to an activating group) is 3. The Morgan fingerprint density at radius 3 is 1.22 bits per heavy atom. The summed E-state index contributed by atoms with van der Waals surface area (Å²) in [6.45, 7) is 36.9. The van der Waals surface area contributed by atoms with Crippen molar-refractivity contribution in [1.29, 1.82) is 0 Å². The van der Waals surface area contributed by atoms with E-state index in [0.29, 0.717) is 114 Å². The van der Waals surface area contributed by atoms with E-state index in [-0.39, 0.29) is 48.8 Å². The molecule has 6 fully saturated rings. The first kappa shape index (κ1) is 78.0. The van der Waals surface area contributed by atoms with Gasteiger partial charge in [-0.3, -0.25) is 0 Å². The van der Waals surface area contributed by atoms with Crippen LogP contribution in [-0.2, 0) is 59.5 Å². The minimum atomic E-state index is -4.47. The van der Waals surface area contributed by atoms with Crippen LogP contribution in [0.15, 0.2) is 103 Å². The molecule has 3 unspecified atom stereocenters. The molecule has 8 aromatic rings. The molecule has 6 saturated heterocycles. The van der Waals surface area contributed by atoms with Crippen LogP contribution in [0, 0.1) is 44.4 Å². The van der Waals surface area contributed by atoms with Crippen LogP contribution in [0.25, 0.3) is 36.1 Å². The fourth-order valence-corrected chi connectivity index (χ4v) is 18.4. The van der Waals surface area contributed by atoms with Gasteiger partial charge in [0.2, 0.25) is 19.6 Å². The van der Waals surface area contributed by atoms with E-state index in [0.717, 1.165) is 168 Å². The van der Waals surface area contributed by atoms with E-state index >= 15 is 0 Å². The summed E-state index contributed by atoms with van der Waals surface area (Å²) >= 11 is 0. The van der Waals surface area contributed by atoms with Crippen molar-refractivity contribution in [3.63, 3.8) is 0 Å². The number of aromatic nitrogens is 6. The van der Waals surface area contributed by atoms with E-state index in [4.69, 9.17) is 73.1 Å². The lowest BCUT2D eigenvalue weighted by Gasteiger charge is -2.35. The van der Waals surface area contributed by atoms with E-state index < -0.39 is 17.8 Å². The first-order valence-electron chi connectivity index (χ1n) is 40.5. The number of anilines is 3. The number of halogens is 3. The Bertz CT molecular complexity index is 4730. The number of hydrogen-bond acceptors (Lipinski definition) is 18. The third kappa shape index (κ3) is 18.0. The lowest BCUT2D eigenvalue weighted by Crippen LogP contribution is -2.38. The highest BCUT2D eigenvalue weighted by Gasteiger charge is 2.40. The number of likely N-dealkylation sites (tertiary alicyclic amines) is 3. The molecular formula is C88H104F3N15O6. The summed E-state index contributed by atoms with van der Waals surface area (Å²) in [6, 6.07) is 35.8. The molecule has 0 N–H and O–H groups in total. The monoisotopic (exact) mass is 1520 g/mol. The van der Waals surface area contributed by atoms with Gasteiger partial charge in [0.1, 0.15) is 37.3 Å². The van der Waals surface area contributed by atoms with Crippen molar-refractivity contribution in [3.8, 4) is 18.0 Å². The number of fused-ring (bicyclic) bond motifs is 5. The van der Waals surface area contributed by atoms with E-state index in [1.165, 1.54) is 63.2 Å². The molecule has 0 bridgehead atoms. The normalized spacial score (nSPS) is 24.1. The second kappa shape index (κ2) is 35.8. The smallest absolute Gasteiger partial charge is 0.416 e. The first-order chi connectivity index (χ1) is 54.6. The summed E-state index contributed by atoms with van der Waals surface area (Å²) < 4.78 is 78.9. The molecule has 5 aromatic carbocycles. The summed E-state index contributed by atoms with van der Waals surface area (Å²) in [5.74, 6) is 3.60. The highest BCUT2D eigenvalue weighted by atomic mass is 19.4. The number of alkyl halides is 3. The molecule has 3 aromatic heterocycles. The number of rotatable bonds is 18. The van der Waals surface area contributed by atoms with Gasteiger partial charge in [-0.25, -0.2) is 19.7 Å². The molecule has 0 spiro atoms. The van der Waals surface area contributed by atoms with Crippen LogP contribution in [0.4, 0.5) is 30.6 Å². The lowest BCUT2D eigenvalue weighted by molar-refractivity contribution is -0.139. The van der Waals surface area contributed by atoms with Crippen molar-refractivity contribution >= 4 is 39.0 Å². The molecule has 112 heavy (non-hydrogen) atoms. The van der Waals surface area contributed by atoms with E-state index in [9.17, 15) is 13.2 Å². The van der Waals surface area contributed by atoms with Crippen LogP contribution in [0.2, 0.25) is 0 Å². The second-order valence-corrected chi connectivity index (χ2v) is 32.1.